The first-order valence-corrected chi connectivity index (χ1v) is 21.1. The zero-order valence-electron chi connectivity index (χ0n) is 33.5. The van der Waals surface area contributed by atoms with Gasteiger partial charge in [-0.3, -0.25) is 19.2 Å². The molecule has 2 bridgehead atoms. The van der Waals surface area contributed by atoms with Gasteiger partial charge in [0, 0.05) is 6.54 Å². The van der Waals surface area contributed by atoms with Crippen molar-refractivity contribution < 1.29 is 42.0 Å². The van der Waals surface area contributed by atoms with Crippen molar-refractivity contribution in [2.75, 3.05) is 39.5 Å². The van der Waals surface area contributed by atoms with Crippen molar-refractivity contribution in [2.24, 2.45) is 28.7 Å². The molecule has 4 rings (SSSR count). The molecule has 10 atom stereocenters. The van der Waals surface area contributed by atoms with Gasteiger partial charge < -0.3 is 52.0 Å². The first-order chi connectivity index (χ1) is 25.2. The van der Waals surface area contributed by atoms with Crippen molar-refractivity contribution in [2.45, 2.75) is 141 Å². The number of hydrogen-bond donors (Lipinski definition) is 8. The molecule has 19 heteroatoms. The van der Waals surface area contributed by atoms with E-state index in [0.717, 1.165) is 12.8 Å². The maximum atomic E-state index is 13.6. The lowest BCUT2D eigenvalue weighted by Crippen LogP contribution is -2.65. The van der Waals surface area contributed by atoms with Crippen LogP contribution in [-0.2, 0) is 38.5 Å². The smallest absolute Gasteiger partial charge is 0.404 e. The summed E-state index contributed by atoms with van der Waals surface area (Å²) in [6.07, 6.45) is 3.10. The normalized spacial score (nSPS) is 26.4. The van der Waals surface area contributed by atoms with Gasteiger partial charge in [0.25, 0.3) is 0 Å². The van der Waals surface area contributed by atoms with E-state index in [1.54, 1.807) is 19.0 Å². The Morgan fingerprint density at radius 2 is 1.44 bits per heavy atom. The summed E-state index contributed by atoms with van der Waals surface area (Å²) in [5, 5.41) is 21.1. The number of hydrogen-bond acceptors (Lipinski definition) is 12. The number of nitrogens with two attached hydrogens (primary N) is 2. The summed E-state index contributed by atoms with van der Waals surface area (Å²) in [4.78, 5) is 55.4. The molecule has 4 aliphatic rings. The highest BCUT2D eigenvalue weighted by atomic mass is 32.2. The lowest BCUT2D eigenvalue weighted by Gasteiger charge is -2.64. The van der Waals surface area contributed by atoms with Crippen LogP contribution >= 0.6 is 0 Å². The van der Waals surface area contributed by atoms with Gasteiger partial charge in [-0.2, -0.15) is 0 Å². The highest BCUT2D eigenvalue weighted by molar-refractivity contribution is 7.89. The number of sulfonamides is 1. The quantitative estimate of drug-likeness (QED) is 0.0446. The molecule has 4 fully saturated rings. The van der Waals surface area contributed by atoms with Crippen molar-refractivity contribution in [1.29, 1.82) is 0 Å². The van der Waals surface area contributed by atoms with Gasteiger partial charge in [-0.25, -0.2) is 13.1 Å². The minimum Gasteiger partial charge on any atom is -0.404 e. The van der Waals surface area contributed by atoms with Crippen LogP contribution in [0.4, 0.5) is 0 Å². The van der Waals surface area contributed by atoms with Gasteiger partial charge in [-0.05, 0) is 117 Å². The summed E-state index contributed by atoms with van der Waals surface area (Å²) in [5.74, 6) is -2.62. The summed E-state index contributed by atoms with van der Waals surface area (Å²) in [5.41, 5.74) is 11.0. The van der Waals surface area contributed by atoms with Crippen LogP contribution < -0.4 is 37.5 Å². The Bertz CT molecular complexity index is 1410. The summed E-state index contributed by atoms with van der Waals surface area (Å²) < 4.78 is 40.7. The maximum Gasteiger partial charge on any atom is 0.481 e. The largest absolute Gasteiger partial charge is 0.481 e. The number of carbonyl (C=O) groups excluding carboxylic acids is 4. The molecular weight excluding hydrogens is 719 g/mol. The minimum atomic E-state index is -3.87. The Labute approximate surface area is 322 Å². The number of unbranched alkanes of at least 4 members (excludes halogenated alkanes) is 2. The van der Waals surface area contributed by atoms with Crippen LogP contribution in [0.2, 0.25) is 0 Å². The zero-order chi connectivity index (χ0) is 40.6. The van der Waals surface area contributed by atoms with Crippen molar-refractivity contribution >= 4 is 40.8 Å². The molecule has 3 saturated carbocycles. The second-order valence-corrected chi connectivity index (χ2v) is 18.4. The Morgan fingerprint density at radius 3 is 2.00 bits per heavy atom. The first kappa shape index (κ1) is 46.0. The van der Waals surface area contributed by atoms with Gasteiger partial charge >= 0.3 is 7.12 Å². The summed E-state index contributed by atoms with van der Waals surface area (Å²) in [6.45, 7) is 12.1. The van der Waals surface area contributed by atoms with E-state index in [4.69, 9.17) is 20.8 Å². The third-order valence-corrected chi connectivity index (χ3v) is 12.9. The van der Waals surface area contributed by atoms with Gasteiger partial charge in [0.2, 0.25) is 33.7 Å². The van der Waals surface area contributed by atoms with E-state index in [0.29, 0.717) is 50.6 Å². The Hall–Kier alpha value is -2.39. The average molecular weight is 787 g/mol. The fourth-order valence-corrected chi connectivity index (χ4v) is 9.29. The molecule has 17 nitrogen and oxygen atoms in total. The summed E-state index contributed by atoms with van der Waals surface area (Å²) >= 11 is 0. The zero-order valence-corrected chi connectivity index (χ0v) is 34.3. The number of nitrogens with zero attached hydrogens (tertiary/aromatic N) is 1. The highest BCUT2D eigenvalue weighted by Crippen LogP contribution is 2.65. The molecule has 1 heterocycles. The van der Waals surface area contributed by atoms with Crippen LogP contribution in [0.25, 0.3) is 0 Å². The molecule has 3 aliphatic carbocycles. The number of rotatable bonds is 23. The van der Waals surface area contributed by atoms with Crippen LogP contribution in [0.3, 0.4) is 0 Å². The van der Waals surface area contributed by atoms with Crippen molar-refractivity contribution in [3.05, 3.63) is 0 Å². The maximum absolute atomic E-state index is 13.6. The van der Waals surface area contributed by atoms with Gasteiger partial charge in [-0.15, -0.1) is 0 Å². The van der Waals surface area contributed by atoms with E-state index in [-0.39, 0.29) is 36.7 Å². The molecule has 54 heavy (non-hydrogen) atoms. The average Bonchev–Trinajstić information content (AvgIpc) is 3.46. The standard InChI is InChI=1S/C35H67BN8O9S/c1-21(39-33(49)29(22(2)45)42-32(48)26(14-10-12-16-38)43-54(50,51)18-17-44(7)8)30(46)41-25(13-9-11-15-37)31(47)40-23(3)36-52-28-20-24-19-27(34(24,4)5)35(28,6)53-36/h21-29,43,45H,9-20,37-38H2,1-8H3,(H,39,49)(H,40,47)(H,41,46)(H,42,48). The topological polar surface area (TPSA) is 257 Å². The molecule has 0 spiro atoms. The van der Waals surface area contributed by atoms with E-state index in [1.807, 2.05) is 6.92 Å². The molecule has 0 radical (unpaired) electrons. The van der Waals surface area contributed by atoms with Crippen molar-refractivity contribution in [3.8, 4) is 0 Å². The number of aliphatic hydroxyl groups excluding tert-OH is 1. The second kappa shape index (κ2) is 19.7. The predicted octanol–water partition coefficient (Wildman–Crippen LogP) is -1.28. The fourth-order valence-electron chi connectivity index (χ4n) is 7.91. The fraction of sp³-hybridized carbons (Fsp3) is 0.886. The first-order valence-electron chi connectivity index (χ1n) is 19.4. The third-order valence-electron chi connectivity index (χ3n) is 11.5. The predicted molar refractivity (Wildman–Crippen MR) is 206 cm³/mol. The Balaban J connectivity index is 1.62. The van der Waals surface area contributed by atoms with Crippen LogP contribution in [0.5, 0.6) is 0 Å². The molecule has 10 unspecified atom stereocenters. The number of nitrogens with one attached hydrogen (secondary N) is 5. The van der Waals surface area contributed by atoms with E-state index in [1.165, 1.54) is 13.8 Å². The van der Waals surface area contributed by atoms with Crippen LogP contribution in [-0.4, -0.2) is 137 Å². The highest BCUT2D eigenvalue weighted by Gasteiger charge is 2.68. The molecule has 1 aliphatic heterocycles. The molecule has 0 aromatic rings. The van der Waals surface area contributed by atoms with Crippen LogP contribution in [0.1, 0.15) is 92.9 Å². The van der Waals surface area contributed by atoms with Gasteiger partial charge in [0.05, 0.1) is 29.5 Å². The number of amides is 4. The molecule has 0 aromatic heterocycles. The SMILES string of the molecule is CC(NC(=O)C(CCCCN)NC(=O)C(C)NC(=O)C(NC(=O)C(CCCCN)NS(=O)(=O)CCN(C)C)C(C)O)B1OC2CC3CC(C3(C)C)C2(C)O1. The monoisotopic (exact) mass is 786 g/mol. The summed E-state index contributed by atoms with van der Waals surface area (Å²) in [7, 11) is -1.08. The van der Waals surface area contributed by atoms with Gasteiger partial charge in [-0.1, -0.05) is 20.3 Å². The number of carbonyl (C=O) groups is 4. The molecule has 0 aromatic carbocycles. The second-order valence-electron chi connectivity index (χ2n) is 16.5. The van der Waals surface area contributed by atoms with Crippen LogP contribution in [0, 0.1) is 17.3 Å². The lowest BCUT2D eigenvalue weighted by molar-refractivity contribution is -0.199. The molecule has 1 saturated heterocycles. The third kappa shape index (κ3) is 11.8. The van der Waals surface area contributed by atoms with Gasteiger partial charge in [0.1, 0.15) is 24.2 Å². The van der Waals surface area contributed by atoms with Crippen molar-refractivity contribution in [1.82, 2.24) is 30.9 Å². The Morgan fingerprint density at radius 1 is 0.852 bits per heavy atom. The molecule has 4 amide bonds. The van der Waals surface area contributed by atoms with E-state index < -0.39 is 82.6 Å². The van der Waals surface area contributed by atoms with Gasteiger partial charge in [0.15, 0.2) is 0 Å². The lowest BCUT2D eigenvalue weighted by atomic mass is 9.43. The number of aliphatic hydroxyl groups is 1. The van der Waals surface area contributed by atoms with E-state index in [2.05, 4.69) is 46.8 Å². The van der Waals surface area contributed by atoms with E-state index >= 15 is 0 Å². The Kier molecular flexibility index (Phi) is 16.7. The minimum absolute atomic E-state index is 0.0576. The molecular formula is C35H67BN8O9S. The molecule has 310 valence electrons. The molecule has 10 N–H and O–H groups in total. The van der Waals surface area contributed by atoms with Crippen molar-refractivity contribution in [3.63, 3.8) is 0 Å². The van der Waals surface area contributed by atoms with E-state index in [9.17, 15) is 32.7 Å². The van der Waals surface area contributed by atoms with Crippen LogP contribution in [0.15, 0.2) is 0 Å². The summed E-state index contributed by atoms with van der Waals surface area (Å²) in [6, 6.07) is -4.88.